The van der Waals surface area contributed by atoms with Gasteiger partial charge in [0.05, 0.1) is 21.4 Å². The van der Waals surface area contributed by atoms with Gasteiger partial charge in [0.25, 0.3) is 0 Å². The Morgan fingerprint density at radius 2 is 1.79 bits per heavy atom. The SMILES string of the molecule is Cc1ccc(-c2c(C#N)c(N)nc(SC(C)C(=O)Nc3ccc(Cl)c(C(=O)O)c3)c2C#N)cc1. The van der Waals surface area contributed by atoms with Crippen LogP contribution in [0.2, 0.25) is 5.02 Å². The van der Waals surface area contributed by atoms with Crippen molar-refractivity contribution in [1.82, 2.24) is 4.98 Å². The fourth-order valence-corrected chi connectivity index (χ4v) is 4.24. The summed E-state index contributed by atoms with van der Waals surface area (Å²) in [4.78, 5) is 28.3. The zero-order valence-electron chi connectivity index (χ0n) is 18.1. The van der Waals surface area contributed by atoms with Gasteiger partial charge in [-0.15, -0.1) is 0 Å². The standard InChI is InChI=1S/C24H18ClN5O3S/c1-12-3-5-14(6-4-12)20-17(10-26)21(28)30-23(18(20)11-27)34-13(2)22(31)29-15-7-8-19(25)16(9-15)24(32)33/h3-9,13H,1-2H3,(H2,28,30)(H,29,31)(H,32,33). The highest BCUT2D eigenvalue weighted by Gasteiger charge is 2.24. The summed E-state index contributed by atoms with van der Waals surface area (Å²) < 4.78 is 0. The molecule has 0 aliphatic carbocycles. The Morgan fingerprint density at radius 3 is 2.38 bits per heavy atom. The maximum atomic E-state index is 12.8. The van der Waals surface area contributed by atoms with Gasteiger partial charge < -0.3 is 16.2 Å². The largest absolute Gasteiger partial charge is 0.478 e. The van der Waals surface area contributed by atoms with Gasteiger partial charge in [0.15, 0.2) is 0 Å². The van der Waals surface area contributed by atoms with Crippen molar-refractivity contribution in [2.75, 3.05) is 11.1 Å². The summed E-state index contributed by atoms with van der Waals surface area (Å²) in [5.41, 5.74) is 8.37. The molecule has 2 aromatic carbocycles. The van der Waals surface area contributed by atoms with Crippen molar-refractivity contribution in [2.24, 2.45) is 0 Å². The average molecular weight is 492 g/mol. The van der Waals surface area contributed by atoms with Crippen molar-refractivity contribution >= 4 is 46.7 Å². The number of hydrogen-bond acceptors (Lipinski definition) is 7. The normalized spacial score (nSPS) is 11.2. The number of carbonyl (C=O) groups is 2. The number of amides is 1. The van der Waals surface area contributed by atoms with E-state index in [0.717, 1.165) is 17.3 Å². The molecule has 1 unspecified atom stereocenters. The number of carbonyl (C=O) groups excluding carboxylic acids is 1. The van der Waals surface area contributed by atoms with Gasteiger partial charge in [-0.3, -0.25) is 4.79 Å². The van der Waals surface area contributed by atoms with E-state index in [0.29, 0.717) is 11.1 Å². The van der Waals surface area contributed by atoms with Crippen molar-refractivity contribution < 1.29 is 14.7 Å². The number of nitrogens with zero attached hydrogens (tertiary/aromatic N) is 3. The average Bonchev–Trinajstić information content (AvgIpc) is 2.80. The van der Waals surface area contributed by atoms with Crippen molar-refractivity contribution in [3.63, 3.8) is 0 Å². The number of aromatic carboxylic acids is 1. The van der Waals surface area contributed by atoms with Crippen molar-refractivity contribution in [1.29, 1.82) is 10.5 Å². The molecule has 170 valence electrons. The van der Waals surface area contributed by atoms with Crippen LogP contribution in [0.4, 0.5) is 11.5 Å². The Kier molecular flexibility index (Phi) is 7.42. The Balaban J connectivity index is 1.95. The molecule has 0 spiro atoms. The molecule has 8 nitrogen and oxygen atoms in total. The van der Waals surface area contributed by atoms with Gasteiger partial charge in [-0.1, -0.05) is 53.2 Å². The highest BCUT2D eigenvalue weighted by atomic mass is 35.5. The van der Waals surface area contributed by atoms with Crippen LogP contribution in [0, 0.1) is 29.6 Å². The number of benzene rings is 2. The first-order valence-electron chi connectivity index (χ1n) is 9.87. The van der Waals surface area contributed by atoms with Gasteiger partial charge in [0, 0.05) is 11.3 Å². The molecule has 1 atom stereocenters. The number of anilines is 2. The summed E-state index contributed by atoms with van der Waals surface area (Å²) in [5, 5.41) is 30.9. The lowest BCUT2D eigenvalue weighted by Gasteiger charge is -2.16. The smallest absolute Gasteiger partial charge is 0.337 e. The lowest BCUT2D eigenvalue weighted by molar-refractivity contribution is -0.115. The minimum absolute atomic E-state index is 0.0454. The predicted octanol–water partition coefficient (Wildman–Crippen LogP) is 4.85. The van der Waals surface area contributed by atoms with Crippen LogP contribution in [0.1, 0.15) is 34.0 Å². The molecule has 0 saturated heterocycles. The molecule has 0 fully saturated rings. The Hall–Kier alpha value is -4.05. The van der Waals surface area contributed by atoms with Gasteiger partial charge in [0.1, 0.15) is 28.5 Å². The van der Waals surface area contributed by atoms with Gasteiger partial charge in [-0.25, -0.2) is 9.78 Å². The highest BCUT2D eigenvalue weighted by molar-refractivity contribution is 8.00. The number of pyridine rings is 1. The Bertz CT molecular complexity index is 1380. The molecule has 0 aliphatic rings. The second kappa shape index (κ2) is 10.3. The van der Waals surface area contributed by atoms with E-state index in [1.807, 2.05) is 25.1 Å². The molecule has 0 aliphatic heterocycles. The third-order valence-electron chi connectivity index (χ3n) is 4.88. The van der Waals surface area contributed by atoms with Crippen LogP contribution < -0.4 is 11.1 Å². The molecule has 1 heterocycles. The summed E-state index contributed by atoms with van der Waals surface area (Å²) >= 11 is 6.88. The summed E-state index contributed by atoms with van der Waals surface area (Å²) in [6.07, 6.45) is 0. The third kappa shape index (κ3) is 5.12. The molecule has 10 heteroatoms. The fourth-order valence-electron chi connectivity index (χ4n) is 3.12. The van der Waals surface area contributed by atoms with Gasteiger partial charge in [-0.05, 0) is 37.6 Å². The van der Waals surface area contributed by atoms with Crippen LogP contribution >= 0.6 is 23.4 Å². The lowest BCUT2D eigenvalue weighted by Crippen LogP contribution is -2.23. The molecule has 4 N–H and O–H groups in total. The minimum Gasteiger partial charge on any atom is -0.478 e. The maximum Gasteiger partial charge on any atom is 0.337 e. The second-order valence-corrected chi connectivity index (χ2v) is 9.00. The van der Waals surface area contributed by atoms with E-state index >= 15 is 0 Å². The Labute approximate surface area is 205 Å². The van der Waals surface area contributed by atoms with Gasteiger partial charge in [0.2, 0.25) is 5.91 Å². The summed E-state index contributed by atoms with van der Waals surface area (Å²) in [6.45, 7) is 3.53. The molecular weight excluding hydrogens is 474 g/mol. The first-order valence-corrected chi connectivity index (χ1v) is 11.1. The molecule has 0 bridgehead atoms. The van der Waals surface area contributed by atoms with Crippen LogP contribution in [0.5, 0.6) is 0 Å². The monoisotopic (exact) mass is 491 g/mol. The molecule has 1 aromatic heterocycles. The van der Waals surface area contributed by atoms with Crippen LogP contribution in [0.15, 0.2) is 47.5 Å². The van der Waals surface area contributed by atoms with Crippen molar-refractivity contribution in [2.45, 2.75) is 24.1 Å². The van der Waals surface area contributed by atoms with Gasteiger partial charge in [-0.2, -0.15) is 10.5 Å². The summed E-state index contributed by atoms with van der Waals surface area (Å²) in [5.74, 6) is -1.71. The van der Waals surface area contributed by atoms with Crippen LogP contribution in [-0.2, 0) is 4.79 Å². The zero-order valence-corrected chi connectivity index (χ0v) is 19.7. The van der Waals surface area contributed by atoms with E-state index in [1.54, 1.807) is 19.1 Å². The first-order chi connectivity index (χ1) is 16.2. The van der Waals surface area contributed by atoms with Crippen LogP contribution in [-0.4, -0.2) is 27.2 Å². The number of hydrogen-bond donors (Lipinski definition) is 3. The molecule has 34 heavy (non-hydrogen) atoms. The van der Waals surface area contributed by atoms with E-state index in [-0.39, 0.29) is 38.2 Å². The van der Waals surface area contributed by atoms with E-state index in [9.17, 15) is 25.2 Å². The number of rotatable bonds is 6. The number of aromatic nitrogens is 1. The minimum atomic E-state index is -1.22. The van der Waals surface area contributed by atoms with Crippen molar-refractivity contribution in [3.8, 4) is 23.3 Å². The van der Waals surface area contributed by atoms with Crippen LogP contribution in [0.25, 0.3) is 11.1 Å². The highest BCUT2D eigenvalue weighted by Crippen LogP contribution is 2.37. The van der Waals surface area contributed by atoms with Crippen molar-refractivity contribution in [3.05, 3.63) is 69.7 Å². The number of nitriles is 2. The number of carboxylic acid groups (broad SMARTS) is 1. The summed E-state index contributed by atoms with van der Waals surface area (Å²) in [6, 6.07) is 15.5. The van der Waals surface area contributed by atoms with E-state index in [2.05, 4.69) is 16.4 Å². The quantitative estimate of drug-likeness (QED) is 0.413. The molecule has 3 rings (SSSR count). The molecular formula is C24H18ClN5O3S. The van der Waals surface area contributed by atoms with E-state index in [1.165, 1.54) is 18.2 Å². The number of halogens is 1. The molecule has 0 saturated carbocycles. The topological polar surface area (TPSA) is 153 Å². The fraction of sp³-hybridized carbons (Fsp3) is 0.125. The molecule has 0 radical (unpaired) electrons. The Morgan fingerprint density at radius 1 is 1.15 bits per heavy atom. The zero-order chi connectivity index (χ0) is 25.0. The van der Waals surface area contributed by atoms with E-state index in [4.69, 9.17) is 17.3 Å². The van der Waals surface area contributed by atoms with Gasteiger partial charge >= 0.3 is 5.97 Å². The second-order valence-electron chi connectivity index (χ2n) is 7.27. The first kappa shape index (κ1) is 24.6. The molecule has 1 amide bonds. The third-order valence-corrected chi connectivity index (χ3v) is 6.29. The van der Waals surface area contributed by atoms with Crippen LogP contribution in [0.3, 0.4) is 0 Å². The number of carboxylic acids is 1. The lowest BCUT2D eigenvalue weighted by atomic mass is 9.96. The maximum absolute atomic E-state index is 12.8. The number of thioether (sulfide) groups is 1. The summed E-state index contributed by atoms with van der Waals surface area (Å²) in [7, 11) is 0. The number of nitrogens with two attached hydrogens (primary N) is 1. The predicted molar refractivity (Wildman–Crippen MR) is 131 cm³/mol. The number of aryl methyl sites for hydroxylation is 1. The number of nitrogen functional groups attached to an aromatic ring is 1. The molecule has 3 aromatic rings. The number of nitrogens with one attached hydrogen (secondary N) is 1. The van der Waals surface area contributed by atoms with E-state index < -0.39 is 17.1 Å².